The predicted molar refractivity (Wildman–Crippen MR) is 90.8 cm³/mol. The largest absolute Gasteiger partial charge is 0.324 e. The number of carbonyl (C=O) groups excluding carboxylic acids is 1. The smallest absolute Gasteiger partial charge is 0.275 e. The van der Waals surface area contributed by atoms with Crippen molar-refractivity contribution in [2.45, 2.75) is 13.5 Å². The van der Waals surface area contributed by atoms with Crippen molar-refractivity contribution >= 4 is 34.0 Å². The van der Waals surface area contributed by atoms with Gasteiger partial charge in [0, 0.05) is 11.1 Å². The van der Waals surface area contributed by atoms with Gasteiger partial charge in [-0.25, -0.2) is 9.07 Å². The van der Waals surface area contributed by atoms with Crippen LogP contribution in [0.2, 0.25) is 5.02 Å². The third-order valence-electron chi connectivity index (χ3n) is 3.55. The molecule has 0 aliphatic heterocycles. The van der Waals surface area contributed by atoms with Crippen molar-refractivity contribution in [2.75, 3.05) is 5.32 Å². The van der Waals surface area contributed by atoms with Crippen LogP contribution in [-0.2, 0) is 11.3 Å². The Morgan fingerprint density at radius 2 is 1.96 bits per heavy atom. The lowest BCUT2D eigenvalue weighted by atomic mass is 10.1. The maximum Gasteiger partial charge on any atom is 0.275 e. The number of nitrogens with one attached hydrogen (secondary N) is 1. The molecule has 7 heteroatoms. The molecule has 0 saturated carbocycles. The first-order valence-corrected chi connectivity index (χ1v) is 7.55. The van der Waals surface area contributed by atoms with Crippen molar-refractivity contribution in [1.82, 2.24) is 9.78 Å². The Hall–Kier alpha value is -2.73. The van der Waals surface area contributed by atoms with Crippen LogP contribution in [-0.4, -0.2) is 15.7 Å². The molecule has 5 nitrogen and oxygen atoms in total. The first-order valence-electron chi connectivity index (χ1n) is 7.17. The summed E-state index contributed by atoms with van der Waals surface area (Å²) >= 11 is 5.67. The summed E-state index contributed by atoms with van der Waals surface area (Å²) in [6.07, 6.45) is 0. The number of anilines is 1. The van der Waals surface area contributed by atoms with Gasteiger partial charge in [0.1, 0.15) is 12.4 Å². The minimum Gasteiger partial charge on any atom is -0.324 e. The molecule has 3 aromatic rings. The number of hydrogen-bond donors (Lipinski definition) is 1. The van der Waals surface area contributed by atoms with E-state index < -0.39 is 11.7 Å². The minimum atomic E-state index is -0.572. The van der Waals surface area contributed by atoms with E-state index in [0.717, 1.165) is 16.1 Å². The number of carbonyl (C=O) groups is 1. The standard InChI is InChI=1S/C17H13ClFN3O2/c1-10-12-4-2-3-5-13(12)17(24)22(21-10)9-16(23)20-11-6-7-15(19)14(18)8-11/h2-8H,9H2,1H3,(H,20,23). The van der Waals surface area contributed by atoms with Crippen molar-refractivity contribution in [2.24, 2.45) is 0 Å². The van der Waals surface area contributed by atoms with Gasteiger partial charge >= 0.3 is 0 Å². The van der Waals surface area contributed by atoms with Crippen molar-refractivity contribution in [1.29, 1.82) is 0 Å². The molecule has 0 saturated heterocycles. The molecule has 0 aliphatic carbocycles. The molecule has 1 amide bonds. The number of halogens is 2. The van der Waals surface area contributed by atoms with Crippen LogP contribution in [0.25, 0.3) is 10.8 Å². The fraction of sp³-hybridized carbons (Fsp3) is 0.118. The molecule has 1 heterocycles. The van der Waals surface area contributed by atoms with E-state index in [-0.39, 0.29) is 17.1 Å². The summed E-state index contributed by atoms with van der Waals surface area (Å²) in [5.74, 6) is -1.03. The first-order chi connectivity index (χ1) is 11.5. The molecule has 122 valence electrons. The predicted octanol–water partition coefficient (Wildman–Crippen LogP) is 3.14. The maximum atomic E-state index is 13.1. The molecule has 0 spiro atoms. The highest BCUT2D eigenvalue weighted by Crippen LogP contribution is 2.19. The van der Waals surface area contributed by atoms with Crippen molar-refractivity contribution in [3.8, 4) is 0 Å². The van der Waals surface area contributed by atoms with Crippen LogP contribution < -0.4 is 10.9 Å². The lowest BCUT2D eigenvalue weighted by molar-refractivity contribution is -0.117. The van der Waals surface area contributed by atoms with E-state index in [2.05, 4.69) is 10.4 Å². The van der Waals surface area contributed by atoms with Gasteiger partial charge in [-0.2, -0.15) is 5.10 Å². The Labute approximate surface area is 141 Å². The molecule has 3 rings (SSSR count). The maximum absolute atomic E-state index is 13.1. The molecule has 0 aliphatic rings. The van der Waals surface area contributed by atoms with Gasteiger partial charge in [-0.1, -0.05) is 29.8 Å². The van der Waals surface area contributed by atoms with E-state index in [0.29, 0.717) is 16.8 Å². The lowest BCUT2D eigenvalue weighted by Gasteiger charge is -2.09. The molecule has 0 unspecified atom stereocenters. The van der Waals surface area contributed by atoms with Gasteiger partial charge in [-0.15, -0.1) is 0 Å². The molecule has 0 radical (unpaired) electrons. The summed E-state index contributed by atoms with van der Waals surface area (Å²) in [5, 5.41) is 7.90. The number of rotatable bonds is 3. The quantitative estimate of drug-likeness (QED) is 0.793. The van der Waals surface area contributed by atoms with Crippen molar-refractivity contribution in [3.63, 3.8) is 0 Å². The molecular formula is C17H13ClFN3O2. The summed E-state index contributed by atoms with van der Waals surface area (Å²) in [5.41, 5.74) is 0.656. The molecule has 1 aromatic heterocycles. The summed E-state index contributed by atoms with van der Waals surface area (Å²) in [6, 6.07) is 10.9. The van der Waals surface area contributed by atoms with Crippen molar-refractivity contribution in [3.05, 3.63) is 69.4 Å². The Morgan fingerprint density at radius 1 is 1.25 bits per heavy atom. The summed E-state index contributed by atoms with van der Waals surface area (Å²) < 4.78 is 14.2. The Balaban J connectivity index is 1.86. The molecule has 0 atom stereocenters. The van der Waals surface area contributed by atoms with Gasteiger partial charge < -0.3 is 5.32 Å². The fourth-order valence-electron chi connectivity index (χ4n) is 2.42. The molecular weight excluding hydrogens is 333 g/mol. The highest BCUT2D eigenvalue weighted by atomic mass is 35.5. The van der Waals surface area contributed by atoms with Crippen LogP contribution in [0, 0.1) is 12.7 Å². The van der Waals surface area contributed by atoms with E-state index in [9.17, 15) is 14.0 Å². The van der Waals surface area contributed by atoms with Gasteiger partial charge in [0.2, 0.25) is 5.91 Å². The second-order valence-electron chi connectivity index (χ2n) is 5.27. The summed E-state index contributed by atoms with van der Waals surface area (Å²) in [6.45, 7) is 1.52. The van der Waals surface area contributed by atoms with Gasteiger partial charge in [0.05, 0.1) is 16.1 Å². The number of benzene rings is 2. The average Bonchev–Trinajstić information content (AvgIpc) is 2.56. The molecule has 0 bridgehead atoms. The number of nitrogens with zero attached hydrogens (tertiary/aromatic N) is 2. The van der Waals surface area contributed by atoms with Gasteiger partial charge in [0.15, 0.2) is 0 Å². The van der Waals surface area contributed by atoms with Gasteiger partial charge in [0.25, 0.3) is 5.56 Å². The number of fused-ring (bicyclic) bond motifs is 1. The Kier molecular flexibility index (Phi) is 4.31. The second kappa shape index (κ2) is 6.41. The normalized spacial score (nSPS) is 10.8. The fourth-order valence-corrected chi connectivity index (χ4v) is 2.60. The van der Waals surface area contributed by atoms with Crippen LogP contribution in [0.1, 0.15) is 5.69 Å². The first kappa shape index (κ1) is 16.1. The lowest BCUT2D eigenvalue weighted by Crippen LogP contribution is -2.30. The number of aromatic nitrogens is 2. The summed E-state index contributed by atoms with van der Waals surface area (Å²) in [4.78, 5) is 24.5. The van der Waals surface area contributed by atoms with Crippen LogP contribution in [0.4, 0.5) is 10.1 Å². The minimum absolute atomic E-state index is 0.0929. The third-order valence-corrected chi connectivity index (χ3v) is 3.84. The average molecular weight is 346 g/mol. The third kappa shape index (κ3) is 3.14. The zero-order valence-corrected chi connectivity index (χ0v) is 13.5. The molecule has 24 heavy (non-hydrogen) atoms. The monoisotopic (exact) mass is 345 g/mol. The van der Waals surface area contributed by atoms with Crippen molar-refractivity contribution < 1.29 is 9.18 Å². The van der Waals surface area contributed by atoms with E-state index in [4.69, 9.17) is 11.6 Å². The van der Waals surface area contributed by atoms with Crippen LogP contribution in [0.15, 0.2) is 47.3 Å². The number of hydrogen-bond acceptors (Lipinski definition) is 3. The SMILES string of the molecule is Cc1nn(CC(=O)Nc2ccc(F)c(Cl)c2)c(=O)c2ccccc12. The Morgan fingerprint density at radius 3 is 2.67 bits per heavy atom. The molecule has 1 N–H and O–H groups in total. The van der Waals surface area contributed by atoms with E-state index >= 15 is 0 Å². The van der Waals surface area contributed by atoms with Gasteiger partial charge in [-0.05, 0) is 31.2 Å². The van der Waals surface area contributed by atoms with Crippen LogP contribution >= 0.6 is 11.6 Å². The highest BCUT2D eigenvalue weighted by molar-refractivity contribution is 6.31. The zero-order chi connectivity index (χ0) is 17.3. The molecule has 0 fully saturated rings. The Bertz CT molecular complexity index is 1000. The van der Waals surface area contributed by atoms with Gasteiger partial charge in [-0.3, -0.25) is 9.59 Å². The summed E-state index contributed by atoms with van der Waals surface area (Å²) in [7, 11) is 0. The van der Waals surface area contributed by atoms with E-state index in [1.54, 1.807) is 19.1 Å². The highest BCUT2D eigenvalue weighted by Gasteiger charge is 2.11. The van der Waals surface area contributed by atoms with Crippen LogP contribution in [0.3, 0.4) is 0 Å². The zero-order valence-electron chi connectivity index (χ0n) is 12.7. The number of amides is 1. The molecule has 2 aromatic carbocycles. The van der Waals surface area contributed by atoms with E-state index in [1.807, 2.05) is 12.1 Å². The number of aryl methyl sites for hydroxylation is 1. The second-order valence-corrected chi connectivity index (χ2v) is 5.68. The van der Waals surface area contributed by atoms with Crippen LogP contribution in [0.5, 0.6) is 0 Å². The van der Waals surface area contributed by atoms with E-state index in [1.165, 1.54) is 12.1 Å². The topological polar surface area (TPSA) is 64.0 Å².